The molecule has 0 bridgehead atoms. The summed E-state index contributed by atoms with van der Waals surface area (Å²) in [5.41, 5.74) is 0.992. The number of hydrogen-bond donors (Lipinski definition) is 2. The van der Waals surface area contributed by atoms with Crippen LogP contribution >= 0.6 is 0 Å². The molecule has 0 fully saturated rings. The normalized spacial score (nSPS) is 11.6. The molecule has 128 valence electrons. The highest BCUT2D eigenvalue weighted by atomic mass is 16.5. The zero-order valence-electron chi connectivity index (χ0n) is 14.1. The van der Waals surface area contributed by atoms with Gasteiger partial charge in [0, 0.05) is 0 Å². The molecule has 24 heavy (non-hydrogen) atoms. The quantitative estimate of drug-likeness (QED) is 0.767. The highest BCUT2D eigenvalue weighted by Gasteiger charge is 2.12. The zero-order chi connectivity index (χ0) is 17.5. The van der Waals surface area contributed by atoms with Gasteiger partial charge in [-0.1, -0.05) is 19.1 Å². The van der Waals surface area contributed by atoms with E-state index in [9.17, 15) is 4.79 Å². The van der Waals surface area contributed by atoms with Gasteiger partial charge in [-0.3, -0.25) is 0 Å². The number of ether oxygens (including phenoxy) is 2. The standard InChI is InChI=1S/C18H22N2O4/c1-4-10-24-15-9-8-13(11-16(15)23-3)12(2)19-17-7-5-6-14(20-17)18(21)22/h5-9,11-12H,4,10H2,1-3H3,(H,19,20)(H,21,22). The Morgan fingerprint density at radius 2 is 2.08 bits per heavy atom. The predicted molar refractivity (Wildman–Crippen MR) is 92.0 cm³/mol. The number of anilines is 1. The molecule has 0 aliphatic rings. The van der Waals surface area contributed by atoms with Gasteiger partial charge in [-0.15, -0.1) is 0 Å². The van der Waals surface area contributed by atoms with E-state index in [2.05, 4.69) is 10.3 Å². The SMILES string of the molecule is CCCOc1ccc(C(C)Nc2cccc(C(=O)O)n2)cc1OC. The van der Waals surface area contributed by atoms with E-state index in [-0.39, 0.29) is 11.7 Å². The number of carbonyl (C=O) groups is 1. The molecule has 0 radical (unpaired) electrons. The van der Waals surface area contributed by atoms with Crippen LogP contribution in [0.4, 0.5) is 5.82 Å². The first-order valence-corrected chi connectivity index (χ1v) is 7.82. The molecule has 0 saturated heterocycles. The molecular formula is C18H22N2O4. The molecule has 2 rings (SSSR count). The molecule has 0 aliphatic heterocycles. The third kappa shape index (κ3) is 4.38. The van der Waals surface area contributed by atoms with Crippen molar-refractivity contribution in [2.24, 2.45) is 0 Å². The van der Waals surface area contributed by atoms with Crippen LogP contribution < -0.4 is 14.8 Å². The van der Waals surface area contributed by atoms with Crippen LogP contribution in [0.1, 0.15) is 42.4 Å². The molecule has 0 spiro atoms. The largest absolute Gasteiger partial charge is 0.493 e. The number of carboxylic acid groups (broad SMARTS) is 1. The van der Waals surface area contributed by atoms with Crippen LogP contribution in [-0.4, -0.2) is 29.8 Å². The van der Waals surface area contributed by atoms with Gasteiger partial charge in [0.1, 0.15) is 5.82 Å². The molecule has 1 heterocycles. The number of pyridine rings is 1. The van der Waals surface area contributed by atoms with Crippen molar-refractivity contribution in [1.82, 2.24) is 4.98 Å². The van der Waals surface area contributed by atoms with Crippen molar-refractivity contribution >= 4 is 11.8 Å². The third-order valence-corrected chi connectivity index (χ3v) is 3.48. The van der Waals surface area contributed by atoms with Crippen LogP contribution in [-0.2, 0) is 0 Å². The van der Waals surface area contributed by atoms with Gasteiger partial charge in [0.25, 0.3) is 0 Å². The van der Waals surface area contributed by atoms with Crippen LogP contribution in [0.2, 0.25) is 0 Å². The fourth-order valence-electron chi connectivity index (χ4n) is 2.22. The van der Waals surface area contributed by atoms with Gasteiger partial charge in [-0.25, -0.2) is 9.78 Å². The molecule has 0 aliphatic carbocycles. The van der Waals surface area contributed by atoms with Gasteiger partial charge in [0.05, 0.1) is 19.8 Å². The van der Waals surface area contributed by atoms with Gasteiger partial charge >= 0.3 is 5.97 Å². The maximum absolute atomic E-state index is 11.0. The Labute approximate surface area is 141 Å². The van der Waals surface area contributed by atoms with E-state index in [1.165, 1.54) is 6.07 Å². The lowest BCUT2D eigenvalue weighted by atomic mass is 10.1. The van der Waals surface area contributed by atoms with E-state index in [1.54, 1.807) is 19.2 Å². The number of nitrogens with zero attached hydrogens (tertiary/aromatic N) is 1. The Bertz CT molecular complexity index is 703. The summed E-state index contributed by atoms with van der Waals surface area (Å²) in [5.74, 6) is 0.834. The zero-order valence-corrected chi connectivity index (χ0v) is 14.1. The smallest absolute Gasteiger partial charge is 0.354 e. The Morgan fingerprint density at radius 1 is 1.29 bits per heavy atom. The predicted octanol–water partition coefficient (Wildman–Crippen LogP) is 3.75. The lowest BCUT2D eigenvalue weighted by Crippen LogP contribution is -2.10. The van der Waals surface area contributed by atoms with E-state index < -0.39 is 5.97 Å². The number of carboxylic acids is 1. The molecule has 1 aromatic heterocycles. The maximum atomic E-state index is 11.0. The molecule has 2 N–H and O–H groups in total. The topological polar surface area (TPSA) is 80.7 Å². The average Bonchev–Trinajstić information content (AvgIpc) is 2.59. The molecule has 1 aromatic carbocycles. The number of aromatic carboxylic acids is 1. The fourth-order valence-corrected chi connectivity index (χ4v) is 2.22. The van der Waals surface area contributed by atoms with Crippen molar-refractivity contribution in [2.75, 3.05) is 19.0 Å². The molecule has 1 atom stereocenters. The van der Waals surface area contributed by atoms with Crippen LogP contribution in [0.15, 0.2) is 36.4 Å². The number of rotatable bonds is 8. The number of aromatic nitrogens is 1. The van der Waals surface area contributed by atoms with Crippen LogP contribution in [0.25, 0.3) is 0 Å². The van der Waals surface area contributed by atoms with Gasteiger partial charge < -0.3 is 19.9 Å². The van der Waals surface area contributed by atoms with Gasteiger partial charge in [0.2, 0.25) is 0 Å². The summed E-state index contributed by atoms with van der Waals surface area (Å²) in [7, 11) is 1.61. The van der Waals surface area contributed by atoms with Gasteiger partial charge in [-0.05, 0) is 43.2 Å². The summed E-state index contributed by atoms with van der Waals surface area (Å²) in [5, 5.41) is 12.2. The Morgan fingerprint density at radius 3 is 2.75 bits per heavy atom. The highest BCUT2D eigenvalue weighted by Crippen LogP contribution is 2.31. The Hall–Kier alpha value is -2.76. The first kappa shape index (κ1) is 17.6. The van der Waals surface area contributed by atoms with Crippen molar-refractivity contribution in [2.45, 2.75) is 26.3 Å². The van der Waals surface area contributed by atoms with Gasteiger partial charge in [0.15, 0.2) is 17.2 Å². The fraction of sp³-hybridized carbons (Fsp3) is 0.333. The summed E-state index contributed by atoms with van der Waals surface area (Å²) in [4.78, 5) is 15.1. The minimum atomic E-state index is -1.05. The second-order valence-corrected chi connectivity index (χ2v) is 5.34. The lowest BCUT2D eigenvalue weighted by molar-refractivity contribution is 0.0690. The third-order valence-electron chi connectivity index (χ3n) is 3.48. The second kappa shape index (κ2) is 8.19. The van der Waals surface area contributed by atoms with Crippen molar-refractivity contribution < 1.29 is 19.4 Å². The van der Waals surface area contributed by atoms with Gasteiger partial charge in [-0.2, -0.15) is 0 Å². The molecule has 1 unspecified atom stereocenters. The van der Waals surface area contributed by atoms with Crippen molar-refractivity contribution in [3.05, 3.63) is 47.7 Å². The first-order valence-electron chi connectivity index (χ1n) is 7.82. The first-order chi connectivity index (χ1) is 11.5. The van der Waals surface area contributed by atoms with E-state index in [0.29, 0.717) is 23.9 Å². The maximum Gasteiger partial charge on any atom is 0.354 e. The second-order valence-electron chi connectivity index (χ2n) is 5.34. The molecule has 6 nitrogen and oxygen atoms in total. The molecule has 0 saturated carbocycles. The Kier molecular flexibility index (Phi) is 6.01. The van der Waals surface area contributed by atoms with E-state index >= 15 is 0 Å². The van der Waals surface area contributed by atoms with Crippen molar-refractivity contribution in [1.29, 1.82) is 0 Å². The monoisotopic (exact) mass is 330 g/mol. The Balaban J connectivity index is 2.16. The number of hydrogen-bond acceptors (Lipinski definition) is 5. The molecule has 0 amide bonds. The highest BCUT2D eigenvalue weighted by molar-refractivity contribution is 5.85. The van der Waals surface area contributed by atoms with Crippen LogP contribution in [0.5, 0.6) is 11.5 Å². The van der Waals surface area contributed by atoms with Crippen LogP contribution in [0, 0.1) is 0 Å². The van der Waals surface area contributed by atoms with E-state index in [0.717, 1.165) is 12.0 Å². The van der Waals surface area contributed by atoms with Crippen molar-refractivity contribution in [3.8, 4) is 11.5 Å². The van der Waals surface area contributed by atoms with E-state index in [4.69, 9.17) is 14.6 Å². The summed E-state index contributed by atoms with van der Waals surface area (Å²) in [6.07, 6.45) is 0.925. The molecular weight excluding hydrogens is 308 g/mol. The number of nitrogens with one attached hydrogen (secondary N) is 1. The number of benzene rings is 1. The van der Waals surface area contributed by atoms with Crippen LogP contribution in [0.3, 0.4) is 0 Å². The minimum absolute atomic E-state index is 0.00749. The molecule has 2 aromatic rings. The lowest BCUT2D eigenvalue weighted by Gasteiger charge is -2.17. The summed E-state index contributed by atoms with van der Waals surface area (Å²) < 4.78 is 11.0. The van der Waals surface area contributed by atoms with Crippen molar-refractivity contribution in [3.63, 3.8) is 0 Å². The van der Waals surface area contributed by atoms with E-state index in [1.807, 2.05) is 32.0 Å². The minimum Gasteiger partial charge on any atom is -0.493 e. The summed E-state index contributed by atoms with van der Waals surface area (Å²) >= 11 is 0. The average molecular weight is 330 g/mol. The molecule has 6 heteroatoms. The number of methoxy groups -OCH3 is 1. The summed E-state index contributed by atoms with van der Waals surface area (Å²) in [6.45, 7) is 4.65. The summed E-state index contributed by atoms with van der Waals surface area (Å²) in [6, 6.07) is 10.5.